The molecule has 0 aliphatic carbocycles. The van der Waals surface area contributed by atoms with Crippen molar-refractivity contribution in [1.29, 1.82) is 0 Å². The molecule has 0 spiro atoms. The summed E-state index contributed by atoms with van der Waals surface area (Å²) in [6, 6.07) is 4.41. The number of imidazole rings is 1. The fourth-order valence-corrected chi connectivity index (χ4v) is 4.82. The zero-order valence-corrected chi connectivity index (χ0v) is 20.1. The Kier molecular flexibility index (Phi) is 6.85. The highest BCUT2D eigenvalue weighted by molar-refractivity contribution is 9.10. The van der Waals surface area contributed by atoms with Crippen LogP contribution in [0, 0.1) is 5.82 Å². The van der Waals surface area contributed by atoms with Gasteiger partial charge in [0.1, 0.15) is 28.4 Å². The number of aromatic nitrogens is 4. The summed E-state index contributed by atoms with van der Waals surface area (Å²) in [5.41, 5.74) is 1.30. The van der Waals surface area contributed by atoms with Gasteiger partial charge in [-0.15, -0.1) is 0 Å². The van der Waals surface area contributed by atoms with Crippen LogP contribution in [-0.4, -0.2) is 55.0 Å². The third-order valence-electron chi connectivity index (χ3n) is 5.39. The Hall–Kier alpha value is -2.40. The lowest BCUT2D eigenvalue weighted by Crippen LogP contribution is -2.39. The summed E-state index contributed by atoms with van der Waals surface area (Å²) >= 11 is 4.62. The van der Waals surface area contributed by atoms with Crippen molar-refractivity contribution >= 4 is 50.8 Å². The van der Waals surface area contributed by atoms with Gasteiger partial charge >= 0.3 is 5.97 Å². The highest BCUT2D eigenvalue weighted by atomic mass is 79.9. The molecule has 3 heterocycles. The van der Waals surface area contributed by atoms with E-state index in [0.717, 1.165) is 22.8 Å². The number of carboxylic acids is 1. The highest BCUT2D eigenvalue weighted by Crippen LogP contribution is 2.30. The number of carbonyl (C=O) groups is 1. The number of aliphatic carboxylic acids is 1. The number of benzene rings is 1. The maximum absolute atomic E-state index is 13.5. The molecule has 1 saturated heterocycles. The van der Waals surface area contributed by atoms with Crippen molar-refractivity contribution in [2.24, 2.45) is 7.05 Å². The van der Waals surface area contributed by atoms with E-state index in [0.29, 0.717) is 42.0 Å². The summed E-state index contributed by atoms with van der Waals surface area (Å²) in [5, 5.41) is 9.38. The molecule has 1 atom stereocenters. The number of anilines is 1. The molecule has 1 aromatic carbocycles. The topological polar surface area (TPSA) is 93.4 Å². The van der Waals surface area contributed by atoms with Gasteiger partial charge in [0.2, 0.25) is 5.95 Å². The van der Waals surface area contributed by atoms with Gasteiger partial charge in [0.25, 0.3) is 0 Å². The Labute approximate surface area is 197 Å². The number of nitrogens with zero attached hydrogens (tertiary/aromatic N) is 5. The van der Waals surface area contributed by atoms with E-state index in [1.807, 2.05) is 18.5 Å². The molecule has 0 amide bonds. The van der Waals surface area contributed by atoms with Crippen LogP contribution >= 0.6 is 27.7 Å². The van der Waals surface area contributed by atoms with Gasteiger partial charge in [-0.3, -0.25) is 4.79 Å². The Bertz CT molecular complexity index is 1140. The maximum atomic E-state index is 13.5. The maximum Gasteiger partial charge on any atom is 0.317 e. The number of hydrogen-bond donors (Lipinski definition) is 1. The van der Waals surface area contributed by atoms with Gasteiger partial charge in [0.15, 0.2) is 10.8 Å². The van der Waals surface area contributed by atoms with Crippen molar-refractivity contribution in [3.05, 3.63) is 34.7 Å². The van der Waals surface area contributed by atoms with E-state index in [-0.39, 0.29) is 11.9 Å². The molecule has 1 aliphatic rings. The number of piperidine rings is 1. The Morgan fingerprint density at radius 2 is 2.12 bits per heavy atom. The number of hydrogen-bond acceptors (Lipinski definition) is 7. The van der Waals surface area contributed by atoms with Crippen molar-refractivity contribution in [3.63, 3.8) is 0 Å². The predicted molar refractivity (Wildman–Crippen MR) is 124 cm³/mol. The van der Waals surface area contributed by atoms with Crippen LogP contribution < -0.4 is 9.64 Å². The minimum atomic E-state index is -0.855. The number of ether oxygens (including phenoxy) is 1. The molecule has 11 heteroatoms. The van der Waals surface area contributed by atoms with E-state index in [1.165, 1.54) is 23.9 Å². The van der Waals surface area contributed by atoms with Crippen LogP contribution in [-0.2, 0) is 11.8 Å². The lowest BCUT2D eigenvalue weighted by atomic mass is 10.1. The second-order valence-electron chi connectivity index (χ2n) is 7.56. The Morgan fingerprint density at radius 1 is 1.38 bits per heavy atom. The fraction of sp³-hybridized carbons (Fsp3) is 0.429. The van der Waals surface area contributed by atoms with Crippen LogP contribution in [0.25, 0.3) is 11.2 Å². The first-order valence-corrected chi connectivity index (χ1v) is 12.0. The zero-order valence-electron chi connectivity index (χ0n) is 17.7. The predicted octanol–water partition coefficient (Wildman–Crippen LogP) is 4.27. The molecule has 1 aliphatic heterocycles. The molecule has 8 nitrogen and oxygen atoms in total. The second-order valence-corrected chi connectivity index (χ2v) is 9.59. The van der Waals surface area contributed by atoms with Crippen molar-refractivity contribution < 1.29 is 19.0 Å². The van der Waals surface area contributed by atoms with Gasteiger partial charge in [-0.2, -0.15) is 4.98 Å². The number of aryl methyl sites for hydroxylation is 1. The Balaban J connectivity index is 1.44. The molecular weight excluding hydrogens is 501 g/mol. The smallest absolute Gasteiger partial charge is 0.317 e. The molecule has 32 heavy (non-hydrogen) atoms. The van der Waals surface area contributed by atoms with Gasteiger partial charge in [0, 0.05) is 39.0 Å². The molecule has 4 rings (SSSR count). The van der Waals surface area contributed by atoms with Gasteiger partial charge in [-0.1, -0.05) is 18.7 Å². The highest BCUT2D eigenvalue weighted by Gasteiger charge is 2.25. The molecular formula is C21H23BrFN5O3S. The van der Waals surface area contributed by atoms with E-state index >= 15 is 0 Å². The number of thioether (sulfide) groups is 1. The molecule has 3 aromatic rings. The van der Waals surface area contributed by atoms with E-state index in [1.54, 1.807) is 12.3 Å². The number of carboxylic acid groups (broad SMARTS) is 1. The average molecular weight is 524 g/mol. The van der Waals surface area contributed by atoms with Crippen molar-refractivity contribution in [2.45, 2.75) is 42.7 Å². The molecule has 2 aromatic heterocycles. The lowest BCUT2D eigenvalue weighted by Gasteiger charge is -2.32. The fourth-order valence-electron chi connectivity index (χ4n) is 3.56. The monoisotopic (exact) mass is 523 g/mol. The van der Waals surface area contributed by atoms with Crippen LogP contribution in [0.15, 0.2) is 34.0 Å². The van der Waals surface area contributed by atoms with Crippen LogP contribution in [0.3, 0.4) is 0 Å². The van der Waals surface area contributed by atoms with Gasteiger partial charge in [-0.25, -0.2) is 14.4 Å². The quantitative estimate of drug-likeness (QED) is 0.459. The Morgan fingerprint density at radius 3 is 2.81 bits per heavy atom. The summed E-state index contributed by atoms with van der Waals surface area (Å²) in [6.07, 6.45) is 3.72. The molecule has 170 valence electrons. The zero-order chi connectivity index (χ0) is 22.8. The third kappa shape index (κ3) is 4.83. The molecule has 1 fully saturated rings. The average Bonchev–Trinajstić information content (AvgIpc) is 3.09. The van der Waals surface area contributed by atoms with E-state index in [9.17, 15) is 14.3 Å². The van der Waals surface area contributed by atoms with Crippen molar-refractivity contribution in [2.75, 3.05) is 18.0 Å². The van der Waals surface area contributed by atoms with E-state index in [4.69, 9.17) is 4.74 Å². The molecule has 0 bridgehead atoms. The molecule has 1 unspecified atom stereocenters. The van der Waals surface area contributed by atoms with Crippen molar-refractivity contribution in [3.8, 4) is 5.75 Å². The molecule has 0 saturated carbocycles. The standard InChI is InChI=1S/C21H23BrFN5O3S/c1-3-17(19(29)30)32-21-26-18-15(27(21)2)11-24-20(25-18)28-8-6-13(7-9-28)31-16-10-12(23)4-5-14(16)22/h4-5,10-11,13,17H,3,6-9H2,1-2H3,(H,29,30). The van der Waals surface area contributed by atoms with E-state index in [2.05, 4.69) is 35.8 Å². The first-order valence-electron chi connectivity index (χ1n) is 10.3. The third-order valence-corrected chi connectivity index (χ3v) is 7.44. The van der Waals surface area contributed by atoms with Crippen LogP contribution in [0.4, 0.5) is 10.3 Å². The van der Waals surface area contributed by atoms with Crippen LogP contribution in [0.5, 0.6) is 5.75 Å². The number of fused-ring (bicyclic) bond motifs is 1. The first kappa shape index (κ1) is 22.8. The van der Waals surface area contributed by atoms with Gasteiger partial charge < -0.3 is 19.3 Å². The molecule has 1 N–H and O–H groups in total. The van der Waals surface area contributed by atoms with E-state index < -0.39 is 11.2 Å². The molecule has 0 radical (unpaired) electrons. The summed E-state index contributed by atoms with van der Waals surface area (Å²) in [4.78, 5) is 27.1. The normalized spacial score (nSPS) is 15.8. The summed E-state index contributed by atoms with van der Waals surface area (Å²) in [5.74, 6) is -0.0928. The second kappa shape index (κ2) is 9.62. The summed E-state index contributed by atoms with van der Waals surface area (Å²) < 4.78 is 22.0. The SMILES string of the molecule is CCC(Sc1nc2nc(N3CCC(Oc4cc(F)ccc4Br)CC3)ncc2n1C)C(=O)O. The summed E-state index contributed by atoms with van der Waals surface area (Å²) in [6.45, 7) is 3.25. The number of halogens is 2. The van der Waals surface area contributed by atoms with Crippen molar-refractivity contribution in [1.82, 2.24) is 19.5 Å². The largest absolute Gasteiger partial charge is 0.489 e. The minimum absolute atomic E-state index is 0.0204. The number of rotatable bonds is 7. The first-order chi connectivity index (χ1) is 15.4. The summed E-state index contributed by atoms with van der Waals surface area (Å²) in [7, 11) is 1.84. The van der Waals surface area contributed by atoms with Gasteiger partial charge in [0.05, 0.1) is 10.7 Å². The minimum Gasteiger partial charge on any atom is -0.489 e. The van der Waals surface area contributed by atoms with Gasteiger partial charge in [-0.05, 0) is 34.5 Å². The van der Waals surface area contributed by atoms with Crippen LogP contribution in [0.1, 0.15) is 26.2 Å². The lowest BCUT2D eigenvalue weighted by molar-refractivity contribution is -0.136. The van der Waals surface area contributed by atoms with Crippen LogP contribution in [0.2, 0.25) is 0 Å².